The van der Waals surface area contributed by atoms with Crippen molar-refractivity contribution in [1.29, 1.82) is 0 Å². The van der Waals surface area contributed by atoms with Gasteiger partial charge in [0.25, 0.3) is 0 Å². The molecular formula is C21H19F4N3O3. The molecule has 0 atom stereocenters. The van der Waals surface area contributed by atoms with Crippen LogP contribution in [0.15, 0.2) is 52.8 Å². The van der Waals surface area contributed by atoms with Gasteiger partial charge < -0.3 is 14.4 Å². The van der Waals surface area contributed by atoms with E-state index >= 15 is 0 Å². The van der Waals surface area contributed by atoms with Crippen LogP contribution in [0.5, 0.6) is 5.75 Å². The minimum atomic E-state index is -4.78. The Kier molecular flexibility index (Phi) is 8.25. The molecule has 0 aliphatic rings. The first-order valence-corrected chi connectivity index (χ1v) is 8.82. The minimum absolute atomic E-state index is 0.00562. The smallest absolute Gasteiger partial charge is 0.406 e. The molecule has 0 N–H and O–H groups in total. The van der Waals surface area contributed by atoms with Crippen LogP contribution in [0, 0.1) is 18.8 Å². The normalized spacial score (nSPS) is 11.6. The standard InChI is InChI=1S/C21H19F4N3O3/c1-15-7-4-11-18(20(27-29-3)28(2)25)19(15)14-30-26-12-6-9-16-8-5-10-17(13-16)31-21(22,23)24/h4-5,7-8,10-13H,14H2,1-3H3/b26-12+,27-20+. The van der Waals surface area contributed by atoms with Crippen molar-refractivity contribution in [1.82, 2.24) is 5.12 Å². The van der Waals surface area contributed by atoms with Crippen molar-refractivity contribution in [3.05, 3.63) is 64.7 Å². The summed E-state index contributed by atoms with van der Waals surface area (Å²) >= 11 is 0. The number of benzene rings is 2. The summed E-state index contributed by atoms with van der Waals surface area (Å²) in [6, 6.07) is 10.5. The summed E-state index contributed by atoms with van der Waals surface area (Å²) in [7, 11) is 2.50. The van der Waals surface area contributed by atoms with Crippen LogP contribution in [0.4, 0.5) is 17.7 Å². The zero-order valence-electron chi connectivity index (χ0n) is 16.9. The lowest BCUT2D eigenvalue weighted by molar-refractivity contribution is -0.274. The maximum atomic E-state index is 13.8. The summed E-state index contributed by atoms with van der Waals surface area (Å²) in [5.41, 5.74) is 2.24. The van der Waals surface area contributed by atoms with Crippen LogP contribution in [-0.2, 0) is 16.3 Å². The maximum absolute atomic E-state index is 13.8. The Morgan fingerprint density at radius 2 is 1.94 bits per heavy atom. The van der Waals surface area contributed by atoms with Gasteiger partial charge in [-0.15, -0.1) is 13.2 Å². The molecule has 0 saturated heterocycles. The average molecular weight is 437 g/mol. The molecule has 0 unspecified atom stereocenters. The Bertz CT molecular complexity index is 1010. The third-order valence-electron chi connectivity index (χ3n) is 3.81. The molecule has 0 fully saturated rings. The van der Waals surface area contributed by atoms with Gasteiger partial charge in [0, 0.05) is 23.7 Å². The van der Waals surface area contributed by atoms with Crippen LogP contribution >= 0.6 is 0 Å². The second-order valence-corrected chi connectivity index (χ2v) is 6.03. The van der Waals surface area contributed by atoms with Crippen LogP contribution in [0.3, 0.4) is 0 Å². The average Bonchev–Trinajstić information content (AvgIpc) is 2.68. The number of ether oxygens (including phenoxy) is 1. The first-order chi connectivity index (χ1) is 14.7. The topological polar surface area (TPSA) is 55.6 Å². The quantitative estimate of drug-likeness (QED) is 0.166. The Morgan fingerprint density at radius 1 is 1.19 bits per heavy atom. The van der Waals surface area contributed by atoms with E-state index in [4.69, 9.17) is 9.68 Å². The zero-order chi connectivity index (χ0) is 22.9. The number of hydrogen-bond acceptors (Lipinski definition) is 5. The fraction of sp³-hybridized carbons (Fsp3) is 0.238. The third-order valence-corrected chi connectivity index (χ3v) is 3.81. The van der Waals surface area contributed by atoms with Crippen LogP contribution < -0.4 is 4.74 Å². The van der Waals surface area contributed by atoms with Gasteiger partial charge in [-0.2, -0.15) is 5.12 Å². The first-order valence-electron chi connectivity index (χ1n) is 8.82. The van der Waals surface area contributed by atoms with E-state index in [0.717, 1.165) is 17.8 Å². The van der Waals surface area contributed by atoms with Crippen molar-refractivity contribution >= 4 is 12.1 Å². The van der Waals surface area contributed by atoms with Crippen LogP contribution in [0.2, 0.25) is 0 Å². The second kappa shape index (κ2) is 10.9. The van der Waals surface area contributed by atoms with Gasteiger partial charge in [0.1, 0.15) is 25.7 Å². The molecule has 2 aromatic carbocycles. The second-order valence-electron chi connectivity index (χ2n) is 6.03. The molecule has 31 heavy (non-hydrogen) atoms. The van der Waals surface area contributed by atoms with E-state index in [9.17, 15) is 17.7 Å². The van der Waals surface area contributed by atoms with Gasteiger partial charge in [0.05, 0.1) is 0 Å². The molecule has 0 saturated carbocycles. The summed E-state index contributed by atoms with van der Waals surface area (Å²) in [6.45, 7) is 1.83. The Balaban J connectivity index is 2.06. The van der Waals surface area contributed by atoms with E-state index in [-0.39, 0.29) is 18.2 Å². The number of nitrogens with zero attached hydrogens (tertiary/aromatic N) is 3. The van der Waals surface area contributed by atoms with Gasteiger partial charge in [0.2, 0.25) is 5.84 Å². The van der Waals surface area contributed by atoms with E-state index < -0.39 is 6.36 Å². The number of rotatable bonds is 6. The van der Waals surface area contributed by atoms with Gasteiger partial charge in [-0.1, -0.05) is 45.0 Å². The fourth-order valence-corrected chi connectivity index (χ4v) is 2.51. The largest absolute Gasteiger partial charge is 0.573 e. The third kappa shape index (κ3) is 7.54. The molecule has 164 valence electrons. The minimum Gasteiger partial charge on any atom is -0.406 e. The van der Waals surface area contributed by atoms with E-state index in [0.29, 0.717) is 21.8 Å². The molecule has 2 rings (SSSR count). The summed E-state index contributed by atoms with van der Waals surface area (Å²) in [4.78, 5) is 9.93. The number of aryl methyl sites for hydroxylation is 1. The van der Waals surface area contributed by atoms with Crippen molar-refractivity contribution in [3.8, 4) is 17.6 Å². The van der Waals surface area contributed by atoms with E-state index in [2.05, 4.69) is 26.9 Å². The van der Waals surface area contributed by atoms with Gasteiger partial charge in [0.15, 0.2) is 0 Å². The Labute approximate surface area is 176 Å². The van der Waals surface area contributed by atoms with E-state index in [1.165, 1.54) is 32.4 Å². The van der Waals surface area contributed by atoms with Gasteiger partial charge >= 0.3 is 6.36 Å². The molecule has 0 spiro atoms. The molecule has 0 aliphatic carbocycles. The highest BCUT2D eigenvalue weighted by atomic mass is 19.4. The van der Waals surface area contributed by atoms with Crippen molar-refractivity contribution in [3.63, 3.8) is 0 Å². The van der Waals surface area contributed by atoms with Gasteiger partial charge in [-0.25, -0.2) is 0 Å². The van der Waals surface area contributed by atoms with Crippen LogP contribution in [0.1, 0.15) is 22.3 Å². The molecule has 6 nitrogen and oxygen atoms in total. The maximum Gasteiger partial charge on any atom is 0.573 e. The molecule has 0 aliphatic heterocycles. The van der Waals surface area contributed by atoms with Gasteiger partial charge in [-0.3, -0.25) is 0 Å². The number of halogens is 4. The zero-order valence-corrected chi connectivity index (χ0v) is 16.9. The van der Waals surface area contributed by atoms with Gasteiger partial charge in [-0.05, 0) is 36.6 Å². The predicted molar refractivity (Wildman–Crippen MR) is 107 cm³/mol. The lowest BCUT2D eigenvalue weighted by Gasteiger charge is -2.15. The molecule has 2 aromatic rings. The number of amidine groups is 1. The number of hydrogen-bond donors (Lipinski definition) is 0. The Morgan fingerprint density at radius 3 is 2.61 bits per heavy atom. The van der Waals surface area contributed by atoms with Crippen LogP contribution in [-0.4, -0.2) is 37.7 Å². The van der Waals surface area contributed by atoms with E-state index in [1.807, 2.05) is 13.0 Å². The van der Waals surface area contributed by atoms with E-state index in [1.54, 1.807) is 12.1 Å². The summed E-state index contributed by atoms with van der Waals surface area (Å²) in [6.07, 6.45) is -3.62. The predicted octanol–water partition coefficient (Wildman–Crippen LogP) is 4.57. The summed E-state index contributed by atoms with van der Waals surface area (Å²) in [5, 5.41) is 7.72. The molecule has 0 bridgehead atoms. The molecule has 10 heteroatoms. The van der Waals surface area contributed by atoms with Crippen molar-refractivity contribution < 1.29 is 32.1 Å². The first kappa shape index (κ1) is 23.5. The fourth-order valence-electron chi connectivity index (χ4n) is 2.51. The van der Waals surface area contributed by atoms with Crippen molar-refractivity contribution in [2.24, 2.45) is 10.3 Å². The summed E-state index contributed by atoms with van der Waals surface area (Å²) in [5.74, 6) is 4.77. The SMILES string of the molecule is CO/N=C(\c1cccc(C)c1CO/N=C/C#Cc1cccc(OC(F)(F)F)c1)N(C)F. The molecule has 0 heterocycles. The highest BCUT2D eigenvalue weighted by Crippen LogP contribution is 2.23. The Hall–Kier alpha value is -3.74. The highest BCUT2D eigenvalue weighted by Gasteiger charge is 2.31. The molecule has 0 radical (unpaired) electrons. The number of alkyl halides is 3. The number of oxime groups is 2. The lowest BCUT2D eigenvalue weighted by Crippen LogP contribution is -2.21. The summed E-state index contributed by atoms with van der Waals surface area (Å²) < 4.78 is 54.4. The lowest BCUT2D eigenvalue weighted by atomic mass is 10.0. The monoisotopic (exact) mass is 437 g/mol. The molecular weight excluding hydrogens is 418 g/mol. The highest BCUT2D eigenvalue weighted by molar-refractivity contribution is 5.99. The molecule has 0 aromatic heterocycles. The van der Waals surface area contributed by atoms with Crippen molar-refractivity contribution in [2.75, 3.05) is 14.2 Å². The van der Waals surface area contributed by atoms with Crippen molar-refractivity contribution in [2.45, 2.75) is 19.9 Å². The molecule has 0 amide bonds. The van der Waals surface area contributed by atoms with Crippen LogP contribution in [0.25, 0.3) is 0 Å².